The fourth-order valence-corrected chi connectivity index (χ4v) is 3.50. The van der Waals surface area contributed by atoms with Crippen molar-refractivity contribution in [2.24, 2.45) is 0 Å². The summed E-state index contributed by atoms with van der Waals surface area (Å²) in [7, 11) is -16.3. The minimum atomic E-state index is -8.92. The van der Waals surface area contributed by atoms with E-state index in [-0.39, 0.29) is 21.7 Å². The molecule has 0 spiro atoms. The van der Waals surface area contributed by atoms with Gasteiger partial charge in [0, 0.05) is 0 Å². The minimum Gasteiger partial charge on any atom is -0.743 e. The van der Waals surface area contributed by atoms with Crippen molar-refractivity contribution < 1.29 is 197 Å². The Kier molecular flexibility index (Phi) is 15.8. The molecule has 0 radical (unpaired) electrons. The van der Waals surface area contributed by atoms with Crippen molar-refractivity contribution in [3.8, 4) is 0 Å². The smallest absolute Gasteiger partial charge is 0.743 e. The van der Waals surface area contributed by atoms with Crippen LogP contribution in [0, 0.1) is 0 Å². The van der Waals surface area contributed by atoms with Gasteiger partial charge in [-0.1, -0.05) is 0 Å². The Bertz CT molecular complexity index is 1600. The van der Waals surface area contributed by atoms with Crippen LogP contribution in [-0.2, 0) is 42.0 Å². The molecule has 0 atom stereocenters. The molecule has 0 aromatic carbocycles. The third-order valence-electron chi connectivity index (χ3n) is 6.01. The average Bonchev–Trinajstić information content (AvgIpc) is 2.93. The second kappa shape index (κ2) is 15.2. The van der Waals surface area contributed by atoms with Crippen LogP contribution in [0.2, 0.25) is 0 Å². The van der Waals surface area contributed by atoms with Gasteiger partial charge in [0.25, 0.3) is 0 Å². The molecule has 0 heterocycles. The van der Waals surface area contributed by atoms with Gasteiger partial charge in [0.2, 0.25) is 0 Å². The van der Waals surface area contributed by atoms with Crippen molar-refractivity contribution in [1.82, 2.24) is 0 Å². The molecule has 0 unspecified atom stereocenters. The van der Waals surface area contributed by atoms with Gasteiger partial charge >= 0.3 is 116 Å². The fourth-order valence-electron chi connectivity index (χ4n) is 2.61. The molecule has 0 bridgehead atoms. The van der Waals surface area contributed by atoms with Gasteiger partial charge in [0.1, 0.15) is 0 Å². The molecule has 0 aliphatic heterocycles. The van der Waals surface area contributed by atoms with Gasteiger partial charge in [0.05, 0.1) is 0 Å². The first-order chi connectivity index (χ1) is 24.0. The first-order valence-corrected chi connectivity index (χ1v) is 14.2. The molecule has 59 heavy (non-hydrogen) atoms. The van der Waals surface area contributed by atoms with E-state index in [9.17, 15) is 175 Å². The normalized spacial score (nSPS) is 16.6. The molecule has 0 amide bonds. The zero-order valence-electron chi connectivity index (χ0n) is 24.6. The molecule has 6 nitrogen and oxygen atoms in total. The molecule has 0 fully saturated rings. The Labute approximate surface area is 311 Å². The van der Waals surface area contributed by atoms with Crippen LogP contribution in [0.25, 0.3) is 0 Å². The van der Waals surface area contributed by atoms with Crippen LogP contribution in [0.15, 0.2) is 0 Å². The van der Waals surface area contributed by atoms with E-state index in [0.29, 0.717) is 0 Å². The monoisotopic (exact) mass is 1050 g/mol. The summed E-state index contributed by atoms with van der Waals surface area (Å²) in [6.07, 6.45) is -15.8. The zero-order chi connectivity index (χ0) is 49.0. The Balaban J connectivity index is -0.00000105. The maximum absolute atomic E-state index is 13.0. The molecular weight excluding hydrogens is 1050 g/mol. The van der Waals surface area contributed by atoms with Crippen molar-refractivity contribution in [3.63, 3.8) is 0 Å². The predicted octanol–water partition coefficient (Wildman–Crippen LogP) is 8.99. The molecule has 0 rings (SSSR count). The van der Waals surface area contributed by atoms with Crippen LogP contribution < -0.4 is 0 Å². The summed E-state index contributed by atoms with van der Waals surface area (Å²) in [6, 6.07) is 0. The van der Waals surface area contributed by atoms with Crippen molar-refractivity contribution in [2.45, 2.75) is 93.9 Å². The van der Waals surface area contributed by atoms with E-state index in [4.69, 9.17) is 0 Å². The van der Waals surface area contributed by atoms with Crippen molar-refractivity contribution in [2.75, 3.05) is 0 Å². The summed E-state index contributed by atoms with van der Waals surface area (Å²) in [5.74, 6) is -104. The SMILES string of the molecule is O=S(=O)([O-])C(F)(F)C(F)(F)C(F)(F)C(F)(F)C(F)(F)C(F)(F)C(F)(F)C(F)(F)F.O=S(=O)([O-])C(F)(F)C(F)(F)C(F)(F)C(F)(F)C(F)(F)C(F)(F)C(F)(F)C(F)(F)F.[Ti+2]. The Morgan fingerprint density at radius 2 is 0.322 bits per heavy atom. The van der Waals surface area contributed by atoms with Gasteiger partial charge in [-0.25, -0.2) is 16.8 Å². The van der Waals surface area contributed by atoms with Crippen molar-refractivity contribution in [3.05, 3.63) is 0 Å². The molecule has 0 aliphatic carbocycles. The van der Waals surface area contributed by atoms with E-state index in [1.54, 1.807) is 0 Å². The second-order valence-electron chi connectivity index (χ2n) is 9.83. The first kappa shape index (κ1) is 61.5. The molecule has 43 heteroatoms. The van der Waals surface area contributed by atoms with E-state index in [2.05, 4.69) is 0 Å². The van der Waals surface area contributed by atoms with Crippen LogP contribution in [0.1, 0.15) is 0 Å². The van der Waals surface area contributed by atoms with Gasteiger partial charge < -0.3 is 9.11 Å². The molecule has 354 valence electrons. The summed E-state index contributed by atoms with van der Waals surface area (Å²) < 4.78 is 488. The van der Waals surface area contributed by atoms with Crippen LogP contribution >= 0.6 is 0 Å². The van der Waals surface area contributed by atoms with Gasteiger partial charge in [-0.05, 0) is 0 Å². The molecular formula is C16F34O6S2Ti. The molecule has 0 N–H and O–H groups in total. The number of rotatable bonds is 14. The number of alkyl halides is 34. The maximum atomic E-state index is 13.0. The van der Waals surface area contributed by atoms with E-state index in [1.165, 1.54) is 0 Å². The van der Waals surface area contributed by atoms with Crippen molar-refractivity contribution >= 4 is 20.2 Å². The molecule has 0 saturated heterocycles. The fraction of sp³-hybridized carbons (Fsp3) is 1.00. The predicted molar refractivity (Wildman–Crippen MR) is 101 cm³/mol. The summed E-state index contributed by atoms with van der Waals surface area (Å²) in [5, 5.41) is -15.9. The zero-order valence-corrected chi connectivity index (χ0v) is 27.8. The number of halogens is 34. The van der Waals surface area contributed by atoms with Gasteiger partial charge in [-0.2, -0.15) is 149 Å². The molecule has 0 aliphatic rings. The largest absolute Gasteiger partial charge is 2.00 e. The Morgan fingerprint density at radius 3 is 0.424 bits per heavy atom. The third-order valence-corrected chi connectivity index (χ3v) is 7.78. The Morgan fingerprint density at radius 1 is 0.220 bits per heavy atom. The van der Waals surface area contributed by atoms with E-state index in [0.717, 1.165) is 0 Å². The van der Waals surface area contributed by atoms with Crippen LogP contribution in [0.4, 0.5) is 149 Å². The quantitative estimate of drug-likeness (QED) is 0.0976. The maximum Gasteiger partial charge on any atom is 2.00 e. The van der Waals surface area contributed by atoms with E-state index < -0.39 is 114 Å². The van der Waals surface area contributed by atoms with E-state index in [1.807, 2.05) is 0 Å². The third kappa shape index (κ3) is 8.15. The summed E-state index contributed by atoms with van der Waals surface area (Å²) in [6.45, 7) is 0. The van der Waals surface area contributed by atoms with Gasteiger partial charge in [-0.3, -0.25) is 0 Å². The minimum absolute atomic E-state index is 0. The molecule has 0 saturated carbocycles. The second-order valence-corrected chi connectivity index (χ2v) is 12.7. The van der Waals surface area contributed by atoms with Crippen LogP contribution in [0.5, 0.6) is 0 Å². The topological polar surface area (TPSA) is 114 Å². The summed E-state index contributed by atoms with van der Waals surface area (Å²) in [4.78, 5) is 0. The van der Waals surface area contributed by atoms with Gasteiger partial charge in [0.15, 0.2) is 20.2 Å². The Hall–Kier alpha value is -1.85. The van der Waals surface area contributed by atoms with Gasteiger partial charge in [-0.15, -0.1) is 0 Å². The summed E-state index contributed by atoms with van der Waals surface area (Å²) in [5.41, 5.74) is 0. The molecule has 0 aromatic heterocycles. The van der Waals surface area contributed by atoms with Crippen molar-refractivity contribution in [1.29, 1.82) is 0 Å². The first-order valence-electron chi connectivity index (χ1n) is 11.3. The van der Waals surface area contributed by atoms with E-state index >= 15 is 0 Å². The number of hydrogen-bond donors (Lipinski definition) is 0. The van der Waals surface area contributed by atoms with Crippen LogP contribution in [-0.4, -0.2) is 120 Å². The standard InChI is InChI=1S/2C8HF17O3S.Ti/c2*9-1(10,3(13,14)5(17,18)7(21,22)23)2(11,12)4(15,16)6(19,20)8(24,25)29(26,27)28;/h2*(H,26,27,28);/q;;+2/p-2. The number of hydrogen-bond acceptors (Lipinski definition) is 6. The summed E-state index contributed by atoms with van der Waals surface area (Å²) >= 11 is 0. The van der Waals surface area contributed by atoms with Crippen LogP contribution in [0.3, 0.4) is 0 Å². The molecule has 0 aromatic rings. The average molecular weight is 1050 g/mol.